The van der Waals surface area contributed by atoms with Gasteiger partial charge >= 0.3 is 0 Å². The van der Waals surface area contributed by atoms with Crippen molar-refractivity contribution in [3.05, 3.63) is 36.0 Å². The van der Waals surface area contributed by atoms with E-state index < -0.39 is 0 Å². The van der Waals surface area contributed by atoms with E-state index in [1.807, 2.05) is 18.3 Å². The summed E-state index contributed by atoms with van der Waals surface area (Å²) in [6.45, 7) is 1.26. The van der Waals surface area contributed by atoms with Gasteiger partial charge in [-0.05, 0) is 6.07 Å². The first-order valence-electron chi connectivity index (χ1n) is 4.98. The fourth-order valence-corrected chi connectivity index (χ4v) is 2.09. The zero-order valence-corrected chi connectivity index (χ0v) is 8.29. The smallest absolute Gasteiger partial charge is 0.105 e. The van der Waals surface area contributed by atoms with Gasteiger partial charge in [0.05, 0.1) is 13.2 Å². The summed E-state index contributed by atoms with van der Waals surface area (Å²) in [4.78, 5) is 3.25. The monoisotopic (exact) mass is 203 g/mol. The minimum absolute atomic E-state index is 0.209. The van der Waals surface area contributed by atoms with Gasteiger partial charge < -0.3 is 9.72 Å². The van der Waals surface area contributed by atoms with Gasteiger partial charge in [-0.25, -0.2) is 5.43 Å². The summed E-state index contributed by atoms with van der Waals surface area (Å²) in [6.07, 6.45) is 2.01. The van der Waals surface area contributed by atoms with Crippen molar-refractivity contribution in [1.29, 1.82) is 0 Å². The molecule has 0 aliphatic carbocycles. The maximum atomic E-state index is 5.61. The highest BCUT2D eigenvalue weighted by Gasteiger charge is 2.41. The van der Waals surface area contributed by atoms with E-state index in [0.29, 0.717) is 13.2 Å². The number of rotatable bonds is 2. The first kappa shape index (κ1) is 8.91. The topological polar surface area (TPSA) is 63.1 Å². The van der Waals surface area contributed by atoms with Crippen LogP contribution in [0.25, 0.3) is 10.9 Å². The van der Waals surface area contributed by atoms with Crippen molar-refractivity contribution in [3.8, 4) is 0 Å². The minimum atomic E-state index is -0.209. The lowest BCUT2D eigenvalue weighted by atomic mass is 9.88. The summed E-state index contributed by atoms with van der Waals surface area (Å²) in [5.74, 6) is 5.61. The summed E-state index contributed by atoms with van der Waals surface area (Å²) < 4.78 is 5.25. The lowest BCUT2D eigenvalue weighted by Gasteiger charge is -2.40. The Morgan fingerprint density at radius 3 is 2.80 bits per heavy atom. The fourth-order valence-electron chi connectivity index (χ4n) is 2.09. The zero-order valence-electron chi connectivity index (χ0n) is 8.29. The number of aromatic amines is 1. The Bertz CT molecular complexity index is 482. The molecule has 3 rings (SSSR count). The quantitative estimate of drug-likeness (QED) is 0.501. The van der Waals surface area contributed by atoms with E-state index in [2.05, 4.69) is 22.5 Å². The maximum absolute atomic E-state index is 5.61. The fraction of sp³-hybridized carbons (Fsp3) is 0.273. The van der Waals surface area contributed by atoms with E-state index in [-0.39, 0.29) is 5.54 Å². The van der Waals surface area contributed by atoms with Crippen LogP contribution in [0.5, 0.6) is 0 Å². The normalized spacial score (nSPS) is 19.0. The molecular weight excluding hydrogens is 190 g/mol. The lowest BCUT2D eigenvalue weighted by molar-refractivity contribution is -0.0779. The van der Waals surface area contributed by atoms with Gasteiger partial charge in [0.15, 0.2) is 0 Å². The molecule has 1 saturated heterocycles. The molecule has 0 spiro atoms. The number of ether oxygens (including phenoxy) is 1. The number of benzene rings is 1. The zero-order chi connectivity index (χ0) is 10.3. The Kier molecular flexibility index (Phi) is 1.82. The second-order valence-corrected chi connectivity index (χ2v) is 3.97. The van der Waals surface area contributed by atoms with E-state index >= 15 is 0 Å². The van der Waals surface area contributed by atoms with Gasteiger partial charge in [-0.1, -0.05) is 18.2 Å². The van der Waals surface area contributed by atoms with E-state index in [1.54, 1.807) is 0 Å². The van der Waals surface area contributed by atoms with Gasteiger partial charge in [-0.15, -0.1) is 0 Å². The second kappa shape index (κ2) is 3.06. The van der Waals surface area contributed by atoms with Gasteiger partial charge in [0, 0.05) is 22.7 Å². The maximum Gasteiger partial charge on any atom is 0.105 e. The number of H-pyrrole nitrogens is 1. The third kappa shape index (κ3) is 1.13. The van der Waals surface area contributed by atoms with Crippen LogP contribution in [-0.4, -0.2) is 18.2 Å². The van der Waals surface area contributed by atoms with Crippen molar-refractivity contribution in [1.82, 2.24) is 10.4 Å². The second-order valence-electron chi connectivity index (χ2n) is 3.97. The number of nitrogens with one attached hydrogen (secondary N) is 2. The number of hydrogen-bond donors (Lipinski definition) is 3. The molecule has 15 heavy (non-hydrogen) atoms. The van der Waals surface area contributed by atoms with E-state index in [0.717, 1.165) is 5.52 Å². The van der Waals surface area contributed by atoms with Crippen LogP contribution >= 0.6 is 0 Å². The highest BCUT2D eigenvalue weighted by molar-refractivity contribution is 5.84. The van der Waals surface area contributed by atoms with Gasteiger partial charge in [0.2, 0.25) is 0 Å². The molecule has 0 atom stereocenters. The largest absolute Gasteiger partial charge is 0.377 e. The first-order valence-corrected chi connectivity index (χ1v) is 4.98. The lowest BCUT2D eigenvalue weighted by Crippen LogP contribution is -2.60. The molecule has 0 unspecified atom stereocenters. The molecule has 1 aliphatic rings. The summed E-state index contributed by atoms with van der Waals surface area (Å²) in [7, 11) is 0. The van der Waals surface area contributed by atoms with Crippen LogP contribution in [0.2, 0.25) is 0 Å². The third-order valence-electron chi connectivity index (χ3n) is 3.08. The Balaban J connectivity index is 2.18. The summed E-state index contributed by atoms with van der Waals surface area (Å²) in [5.41, 5.74) is 4.98. The van der Waals surface area contributed by atoms with Gasteiger partial charge in [0.1, 0.15) is 5.54 Å². The van der Waals surface area contributed by atoms with Crippen LogP contribution in [-0.2, 0) is 10.3 Å². The Labute approximate surface area is 87.4 Å². The third-order valence-corrected chi connectivity index (χ3v) is 3.08. The molecule has 0 radical (unpaired) electrons. The van der Waals surface area contributed by atoms with Crippen LogP contribution in [0, 0.1) is 0 Å². The number of hydrazine groups is 1. The summed E-state index contributed by atoms with van der Waals surface area (Å²) >= 11 is 0. The predicted octanol–water partition coefficient (Wildman–Crippen LogP) is 0.857. The summed E-state index contributed by atoms with van der Waals surface area (Å²) in [6, 6.07) is 8.20. The van der Waals surface area contributed by atoms with Crippen LogP contribution in [0.4, 0.5) is 0 Å². The van der Waals surface area contributed by atoms with Crippen molar-refractivity contribution in [3.63, 3.8) is 0 Å². The number of nitrogens with two attached hydrogens (primary N) is 1. The molecule has 4 heteroatoms. The van der Waals surface area contributed by atoms with Crippen LogP contribution < -0.4 is 11.3 Å². The minimum Gasteiger partial charge on any atom is -0.377 e. The van der Waals surface area contributed by atoms with Crippen LogP contribution in [0.3, 0.4) is 0 Å². The first-order chi connectivity index (χ1) is 7.36. The van der Waals surface area contributed by atoms with Gasteiger partial charge in [-0.2, -0.15) is 0 Å². The summed E-state index contributed by atoms with van der Waals surface area (Å²) in [5, 5.41) is 1.21. The van der Waals surface area contributed by atoms with E-state index in [9.17, 15) is 0 Å². The Morgan fingerprint density at radius 2 is 2.13 bits per heavy atom. The molecule has 0 amide bonds. The molecule has 1 aliphatic heterocycles. The van der Waals surface area contributed by atoms with Gasteiger partial charge in [0.25, 0.3) is 0 Å². The molecule has 1 aromatic carbocycles. The Morgan fingerprint density at radius 1 is 1.33 bits per heavy atom. The molecule has 0 bridgehead atoms. The molecule has 1 fully saturated rings. The van der Waals surface area contributed by atoms with Crippen molar-refractivity contribution < 1.29 is 4.74 Å². The molecule has 4 N–H and O–H groups in total. The molecule has 0 saturated carbocycles. The standard InChI is InChI=1S/C11H13N3O/c12-14-11(6-15-7-11)9-5-13-10-4-2-1-3-8(9)10/h1-5,13-14H,6-7,12H2. The SMILES string of the molecule is NNC1(c2c[nH]c3ccccc23)COC1. The average Bonchev–Trinajstić information content (AvgIpc) is 2.62. The van der Waals surface area contributed by atoms with Crippen molar-refractivity contribution in [2.75, 3.05) is 13.2 Å². The number of hydrogen-bond acceptors (Lipinski definition) is 3. The van der Waals surface area contributed by atoms with E-state index in [4.69, 9.17) is 10.6 Å². The predicted molar refractivity (Wildman–Crippen MR) is 58.1 cm³/mol. The molecule has 2 heterocycles. The van der Waals surface area contributed by atoms with E-state index in [1.165, 1.54) is 10.9 Å². The molecule has 4 nitrogen and oxygen atoms in total. The van der Waals surface area contributed by atoms with Crippen molar-refractivity contribution >= 4 is 10.9 Å². The van der Waals surface area contributed by atoms with Crippen LogP contribution in [0.1, 0.15) is 5.56 Å². The number of para-hydroxylation sites is 1. The average molecular weight is 203 g/mol. The number of aromatic nitrogens is 1. The molecule has 78 valence electrons. The number of fused-ring (bicyclic) bond motifs is 1. The highest BCUT2D eigenvalue weighted by atomic mass is 16.5. The van der Waals surface area contributed by atoms with Crippen molar-refractivity contribution in [2.45, 2.75) is 5.54 Å². The van der Waals surface area contributed by atoms with Crippen LogP contribution in [0.15, 0.2) is 30.5 Å². The molecule has 1 aromatic heterocycles. The molecular formula is C11H13N3O. The molecule has 2 aromatic rings. The Hall–Kier alpha value is -1.36. The highest BCUT2D eigenvalue weighted by Crippen LogP contribution is 2.33. The van der Waals surface area contributed by atoms with Gasteiger partial charge in [-0.3, -0.25) is 5.84 Å². The van der Waals surface area contributed by atoms with Crippen molar-refractivity contribution in [2.24, 2.45) is 5.84 Å².